The Kier molecular flexibility index (Phi) is 4.76. The van der Waals surface area contributed by atoms with Gasteiger partial charge >= 0.3 is 0 Å². The first-order chi connectivity index (χ1) is 11.2. The predicted octanol–water partition coefficient (Wildman–Crippen LogP) is 1.81. The third-order valence-corrected chi connectivity index (χ3v) is 4.57. The smallest absolute Gasteiger partial charge is 0.254 e. The van der Waals surface area contributed by atoms with Crippen LogP contribution in [0.4, 0.5) is 0 Å². The second-order valence-corrected chi connectivity index (χ2v) is 6.16. The molecule has 6 nitrogen and oxygen atoms in total. The van der Waals surface area contributed by atoms with Crippen LogP contribution in [0.25, 0.3) is 0 Å². The number of allylic oxidation sites excluding steroid dienone is 2. The van der Waals surface area contributed by atoms with Gasteiger partial charge in [-0.3, -0.25) is 9.69 Å². The van der Waals surface area contributed by atoms with Gasteiger partial charge in [0.15, 0.2) is 0 Å². The standard InChI is InChI=1S/C16H19N5OS/c1-3-12-13(4-2)19-20-16(18-12)23-10-11-9-15(22)21-8-6-5-7-14(21)17-11/h5-9,14,17H,3-4,10H2,1-2H3. The van der Waals surface area contributed by atoms with Crippen molar-refractivity contribution in [3.8, 4) is 0 Å². The van der Waals surface area contributed by atoms with Crippen molar-refractivity contribution in [1.29, 1.82) is 0 Å². The molecular formula is C16H19N5OS. The van der Waals surface area contributed by atoms with Crippen LogP contribution in [-0.2, 0) is 17.6 Å². The number of thioether (sulfide) groups is 1. The van der Waals surface area contributed by atoms with E-state index in [1.54, 1.807) is 17.2 Å². The van der Waals surface area contributed by atoms with Crippen molar-refractivity contribution in [2.45, 2.75) is 38.0 Å². The number of fused-ring (bicyclic) bond motifs is 1. The monoisotopic (exact) mass is 329 g/mol. The molecule has 0 aromatic carbocycles. The van der Waals surface area contributed by atoms with E-state index < -0.39 is 0 Å². The van der Waals surface area contributed by atoms with E-state index in [1.807, 2.05) is 18.2 Å². The number of amides is 1. The summed E-state index contributed by atoms with van der Waals surface area (Å²) in [5.74, 6) is 0.601. The quantitative estimate of drug-likeness (QED) is 0.831. The van der Waals surface area contributed by atoms with E-state index in [2.05, 4.69) is 34.3 Å². The number of hydrogen-bond acceptors (Lipinski definition) is 6. The number of aromatic nitrogens is 3. The third kappa shape index (κ3) is 3.44. The number of carbonyl (C=O) groups is 1. The Labute approximate surface area is 139 Å². The molecule has 1 aromatic rings. The van der Waals surface area contributed by atoms with Crippen LogP contribution in [0, 0.1) is 0 Å². The summed E-state index contributed by atoms with van der Waals surface area (Å²) in [6.07, 6.45) is 10.7. The summed E-state index contributed by atoms with van der Waals surface area (Å²) in [5, 5.41) is 12.4. The fourth-order valence-corrected chi connectivity index (χ4v) is 3.21. The molecule has 0 radical (unpaired) electrons. The van der Waals surface area contributed by atoms with Crippen LogP contribution < -0.4 is 5.32 Å². The molecular weight excluding hydrogens is 310 g/mol. The molecule has 0 fully saturated rings. The fraction of sp³-hybridized carbons (Fsp3) is 0.375. The summed E-state index contributed by atoms with van der Waals surface area (Å²) in [6, 6.07) is 0. The van der Waals surface area contributed by atoms with Gasteiger partial charge in [0.1, 0.15) is 6.17 Å². The van der Waals surface area contributed by atoms with Crippen molar-refractivity contribution in [3.63, 3.8) is 0 Å². The number of rotatable bonds is 5. The summed E-state index contributed by atoms with van der Waals surface area (Å²) in [4.78, 5) is 18.3. The van der Waals surface area contributed by atoms with Gasteiger partial charge in [-0.05, 0) is 25.0 Å². The Morgan fingerprint density at radius 1 is 1.22 bits per heavy atom. The molecule has 0 bridgehead atoms. The maximum Gasteiger partial charge on any atom is 0.254 e. The van der Waals surface area contributed by atoms with Crippen molar-refractivity contribution < 1.29 is 4.79 Å². The number of aryl methyl sites for hydroxylation is 2. The number of nitrogens with one attached hydrogen (secondary N) is 1. The molecule has 3 rings (SSSR count). The average molecular weight is 329 g/mol. The first kappa shape index (κ1) is 15.7. The van der Waals surface area contributed by atoms with Gasteiger partial charge < -0.3 is 5.32 Å². The molecule has 1 unspecified atom stereocenters. The minimum atomic E-state index is -0.110. The van der Waals surface area contributed by atoms with Crippen LogP contribution in [0.2, 0.25) is 0 Å². The largest absolute Gasteiger partial charge is 0.364 e. The fourth-order valence-electron chi connectivity index (χ4n) is 2.49. The first-order valence-electron chi connectivity index (χ1n) is 7.71. The second-order valence-electron chi connectivity index (χ2n) is 5.21. The molecule has 1 aromatic heterocycles. The highest BCUT2D eigenvalue weighted by Gasteiger charge is 2.25. The summed E-state index contributed by atoms with van der Waals surface area (Å²) in [5.41, 5.74) is 2.83. The van der Waals surface area contributed by atoms with Crippen molar-refractivity contribution in [3.05, 3.63) is 47.6 Å². The van der Waals surface area contributed by atoms with Gasteiger partial charge in [0.2, 0.25) is 5.16 Å². The van der Waals surface area contributed by atoms with E-state index in [0.717, 1.165) is 29.9 Å². The van der Waals surface area contributed by atoms with E-state index in [-0.39, 0.29) is 12.1 Å². The summed E-state index contributed by atoms with van der Waals surface area (Å²) in [6.45, 7) is 4.12. The van der Waals surface area contributed by atoms with Gasteiger partial charge in [0.05, 0.1) is 11.4 Å². The highest BCUT2D eigenvalue weighted by Crippen LogP contribution is 2.20. The lowest BCUT2D eigenvalue weighted by Crippen LogP contribution is -2.48. The minimum absolute atomic E-state index is 0.0143. The maximum atomic E-state index is 12.1. The van der Waals surface area contributed by atoms with Crippen LogP contribution in [0.3, 0.4) is 0 Å². The molecule has 7 heteroatoms. The lowest BCUT2D eigenvalue weighted by molar-refractivity contribution is -0.125. The maximum absolute atomic E-state index is 12.1. The molecule has 1 atom stereocenters. The highest BCUT2D eigenvalue weighted by atomic mass is 32.2. The van der Waals surface area contributed by atoms with Crippen LogP contribution >= 0.6 is 11.8 Å². The molecule has 2 aliphatic rings. The lowest BCUT2D eigenvalue weighted by Gasteiger charge is -2.33. The van der Waals surface area contributed by atoms with Crippen LogP contribution in [0.5, 0.6) is 0 Å². The van der Waals surface area contributed by atoms with Crippen molar-refractivity contribution in [2.24, 2.45) is 0 Å². The Hall–Kier alpha value is -2.15. The van der Waals surface area contributed by atoms with Gasteiger partial charge in [-0.1, -0.05) is 31.7 Å². The zero-order chi connectivity index (χ0) is 16.2. The van der Waals surface area contributed by atoms with Crippen molar-refractivity contribution in [2.75, 3.05) is 5.75 Å². The van der Waals surface area contributed by atoms with E-state index in [4.69, 9.17) is 0 Å². The number of hydrogen-bond donors (Lipinski definition) is 1. The highest BCUT2D eigenvalue weighted by molar-refractivity contribution is 7.99. The minimum Gasteiger partial charge on any atom is -0.364 e. The Bertz CT molecular complexity index is 698. The Balaban J connectivity index is 1.68. The van der Waals surface area contributed by atoms with E-state index in [0.29, 0.717) is 10.9 Å². The van der Waals surface area contributed by atoms with Crippen molar-refractivity contribution >= 4 is 17.7 Å². The number of nitrogens with zero attached hydrogens (tertiary/aromatic N) is 4. The summed E-state index contributed by atoms with van der Waals surface area (Å²) in [7, 11) is 0. The third-order valence-electron chi connectivity index (χ3n) is 3.68. The molecule has 1 N–H and O–H groups in total. The SMILES string of the molecule is CCc1nnc(SCC2=CC(=O)N3C=CC=CC3N2)nc1CC. The number of carbonyl (C=O) groups excluding carboxylic acids is 1. The normalized spacial score (nSPS) is 19.4. The van der Waals surface area contributed by atoms with Gasteiger partial charge in [0, 0.05) is 23.7 Å². The predicted molar refractivity (Wildman–Crippen MR) is 89.4 cm³/mol. The average Bonchev–Trinajstić information content (AvgIpc) is 2.59. The molecule has 0 saturated carbocycles. The van der Waals surface area contributed by atoms with Gasteiger partial charge in [-0.15, -0.1) is 5.10 Å². The van der Waals surface area contributed by atoms with Crippen LogP contribution in [0.15, 0.2) is 41.4 Å². The van der Waals surface area contributed by atoms with E-state index in [9.17, 15) is 4.79 Å². The molecule has 0 saturated heterocycles. The van der Waals surface area contributed by atoms with Gasteiger partial charge in [-0.2, -0.15) is 5.10 Å². The Morgan fingerprint density at radius 3 is 2.83 bits per heavy atom. The zero-order valence-corrected chi connectivity index (χ0v) is 14.0. The molecule has 120 valence electrons. The van der Waals surface area contributed by atoms with E-state index in [1.165, 1.54) is 11.8 Å². The molecule has 23 heavy (non-hydrogen) atoms. The van der Waals surface area contributed by atoms with Crippen molar-refractivity contribution in [1.82, 2.24) is 25.4 Å². The zero-order valence-electron chi connectivity index (χ0n) is 13.2. The second kappa shape index (κ2) is 6.95. The Morgan fingerprint density at radius 2 is 2.04 bits per heavy atom. The van der Waals surface area contributed by atoms with Gasteiger partial charge in [-0.25, -0.2) is 4.98 Å². The molecule has 0 aliphatic carbocycles. The molecule has 1 amide bonds. The summed E-state index contributed by atoms with van der Waals surface area (Å²) >= 11 is 1.49. The topological polar surface area (TPSA) is 71.0 Å². The first-order valence-corrected chi connectivity index (χ1v) is 8.69. The summed E-state index contributed by atoms with van der Waals surface area (Å²) < 4.78 is 0. The molecule has 2 aliphatic heterocycles. The molecule has 3 heterocycles. The van der Waals surface area contributed by atoms with Crippen LogP contribution in [-0.4, -0.2) is 37.9 Å². The van der Waals surface area contributed by atoms with Gasteiger partial charge in [0.25, 0.3) is 5.91 Å². The van der Waals surface area contributed by atoms with E-state index >= 15 is 0 Å². The van der Waals surface area contributed by atoms with Crippen LogP contribution in [0.1, 0.15) is 25.2 Å². The lowest BCUT2D eigenvalue weighted by atomic mass is 10.2. The molecule has 0 spiro atoms.